The Morgan fingerprint density at radius 2 is 1.49 bits per heavy atom. The van der Waals surface area contributed by atoms with Crippen LogP contribution in [0.25, 0.3) is 11.3 Å². The highest BCUT2D eigenvalue weighted by atomic mass is 16.4. The molecule has 0 bridgehead atoms. The molecule has 7 rings (SSSR count). The van der Waals surface area contributed by atoms with Gasteiger partial charge in [-0.15, -0.1) is 0 Å². The number of benzene rings is 4. The van der Waals surface area contributed by atoms with E-state index < -0.39 is 12.1 Å². The summed E-state index contributed by atoms with van der Waals surface area (Å²) >= 11 is 0. The van der Waals surface area contributed by atoms with Gasteiger partial charge in [0.1, 0.15) is 5.75 Å². The molecule has 2 atom stereocenters. The molecule has 2 aliphatic rings. The van der Waals surface area contributed by atoms with Gasteiger partial charge in [0, 0.05) is 81.9 Å². The second-order valence-corrected chi connectivity index (χ2v) is 15.4. The van der Waals surface area contributed by atoms with Crippen LogP contribution in [0.15, 0.2) is 91.0 Å². The van der Waals surface area contributed by atoms with E-state index in [9.17, 15) is 24.6 Å². The number of hydrogen-bond acceptors (Lipinski definition) is 5. The van der Waals surface area contributed by atoms with Gasteiger partial charge in [0.15, 0.2) is 0 Å². The molecular formula is C46H49N5O6. The number of aromatic hydroxyl groups is 1. The van der Waals surface area contributed by atoms with Gasteiger partial charge in [-0.05, 0) is 109 Å². The smallest absolute Gasteiger partial charge is 0.408 e. The Hall–Kier alpha value is -6.36. The lowest BCUT2D eigenvalue weighted by Gasteiger charge is -2.38. The van der Waals surface area contributed by atoms with E-state index in [-0.39, 0.29) is 42.5 Å². The number of phenols is 1. The van der Waals surface area contributed by atoms with Gasteiger partial charge in [0.2, 0.25) is 5.91 Å². The summed E-state index contributed by atoms with van der Waals surface area (Å²) in [5.74, 6) is -0.346. The van der Waals surface area contributed by atoms with Crippen LogP contribution in [-0.2, 0) is 37.6 Å². The van der Waals surface area contributed by atoms with Gasteiger partial charge in [-0.3, -0.25) is 19.3 Å². The number of phenolic OH excluding ortho intramolecular Hbond substituents is 1. The molecule has 2 N–H and O–H groups in total. The highest BCUT2D eigenvalue weighted by molar-refractivity contribution is 6.08. The molecule has 0 spiro atoms. The Morgan fingerprint density at radius 3 is 2.19 bits per heavy atom. The van der Waals surface area contributed by atoms with Crippen LogP contribution in [0.4, 0.5) is 10.5 Å². The Balaban J connectivity index is 1.39. The van der Waals surface area contributed by atoms with Crippen molar-refractivity contribution in [1.29, 1.82) is 0 Å². The summed E-state index contributed by atoms with van der Waals surface area (Å²) < 4.78 is 1.94. The van der Waals surface area contributed by atoms with E-state index in [1.54, 1.807) is 38.2 Å². The van der Waals surface area contributed by atoms with Gasteiger partial charge in [-0.1, -0.05) is 48.5 Å². The van der Waals surface area contributed by atoms with Crippen LogP contribution in [-0.4, -0.2) is 87.0 Å². The highest BCUT2D eigenvalue weighted by Crippen LogP contribution is 2.42. The van der Waals surface area contributed by atoms with Gasteiger partial charge >= 0.3 is 6.09 Å². The summed E-state index contributed by atoms with van der Waals surface area (Å²) in [6.45, 7) is 4.59. The molecule has 2 aliphatic heterocycles. The number of carboxylic acid groups (broad SMARTS) is 1. The minimum Gasteiger partial charge on any atom is -0.508 e. The summed E-state index contributed by atoms with van der Waals surface area (Å²) in [7, 11) is 7.01. The van der Waals surface area contributed by atoms with Crippen molar-refractivity contribution < 1.29 is 29.4 Å². The van der Waals surface area contributed by atoms with Crippen LogP contribution in [0.1, 0.15) is 79.2 Å². The van der Waals surface area contributed by atoms with Crippen LogP contribution in [0.5, 0.6) is 5.75 Å². The van der Waals surface area contributed by atoms with Gasteiger partial charge in [0.25, 0.3) is 11.8 Å². The maximum atomic E-state index is 15.2. The van der Waals surface area contributed by atoms with E-state index in [1.165, 1.54) is 27.5 Å². The topological polar surface area (TPSA) is 127 Å². The third-order valence-corrected chi connectivity index (χ3v) is 11.8. The molecule has 0 fully saturated rings. The second kappa shape index (κ2) is 15.6. The first-order valence-corrected chi connectivity index (χ1v) is 19.3. The van der Waals surface area contributed by atoms with Crippen molar-refractivity contribution in [3.8, 4) is 17.0 Å². The lowest BCUT2D eigenvalue weighted by Crippen LogP contribution is -2.43. The van der Waals surface area contributed by atoms with Crippen LogP contribution < -0.4 is 4.90 Å². The van der Waals surface area contributed by atoms with Gasteiger partial charge in [-0.25, -0.2) is 4.79 Å². The lowest BCUT2D eigenvalue weighted by atomic mass is 9.82. The molecular weight excluding hydrogens is 719 g/mol. The van der Waals surface area contributed by atoms with Crippen molar-refractivity contribution in [1.82, 2.24) is 19.3 Å². The quantitative estimate of drug-likeness (QED) is 0.172. The predicted molar refractivity (Wildman–Crippen MR) is 220 cm³/mol. The maximum absolute atomic E-state index is 15.2. The molecule has 5 aromatic rings. The zero-order valence-electron chi connectivity index (χ0n) is 33.3. The van der Waals surface area contributed by atoms with Crippen molar-refractivity contribution >= 4 is 29.5 Å². The third kappa shape index (κ3) is 7.37. The number of carbonyl (C=O) groups excluding carboxylic acids is 3. The van der Waals surface area contributed by atoms with Crippen molar-refractivity contribution in [3.05, 3.63) is 141 Å². The number of nitrogens with zero attached hydrogens (tertiary/aromatic N) is 5. The van der Waals surface area contributed by atoms with E-state index >= 15 is 4.79 Å². The zero-order chi connectivity index (χ0) is 40.7. The minimum absolute atomic E-state index is 0.0244. The van der Waals surface area contributed by atoms with Gasteiger partial charge in [0.05, 0.1) is 11.6 Å². The van der Waals surface area contributed by atoms with E-state index in [4.69, 9.17) is 0 Å². The molecule has 4 amide bonds. The monoisotopic (exact) mass is 767 g/mol. The highest BCUT2D eigenvalue weighted by Gasteiger charge is 2.37. The van der Waals surface area contributed by atoms with E-state index in [0.717, 1.165) is 27.8 Å². The largest absolute Gasteiger partial charge is 0.508 e. The molecule has 1 aromatic heterocycles. The van der Waals surface area contributed by atoms with Crippen molar-refractivity contribution in [3.63, 3.8) is 0 Å². The Morgan fingerprint density at radius 1 is 0.807 bits per heavy atom. The molecule has 11 heteroatoms. The molecule has 0 saturated carbocycles. The molecule has 57 heavy (non-hydrogen) atoms. The van der Waals surface area contributed by atoms with Crippen LogP contribution in [0.2, 0.25) is 0 Å². The van der Waals surface area contributed by atoms with Gasteiger partial charge < -0.3 is 29.5 Å². The molecule has 1 unspecified atom stereocenters. The number of anilines is 1. The van der Waals surface area contributed by atoms with E-state index in [0.29, 0.717) is 59.6 Å². The maximum Gasteiger partial charge on any atom is 0.408 e. The first kappa shape index (κ1) is 38.9. The third-order valence-electron chi connectivity index (χ3n) is 11.8. The average Bonchev–Trinajstić information content (AvgIpc) is 3.50. The standard InChI is InChI=1S/C46H49N5O6/c1-28-23-31-12-7-8-13-33(31)27-51(28)45(55)40-25-38-32(21-22-50(46(56)57)43(38)36-14-10-9-11-30(36)15-20-42(53)47(3)4)24-39(40)41-26-37(29(2)48(41)5)44(54)49(6)34-16-18-35(52)19-17-34/h7-14,16-19,24-26,28,43,52H,15,20-23,27H2,1-6H3,(H,56,57)/t28-,43?/m1/s1. The van der Waals surface area contributed by atoms with Crippen molar-refractivity contribution in [2.24, 2.45) is 7.05 Å². The number of fused-ring (bicyclic) bond motifs is 2. The molecule has 11 nitrogen and oxygen atoms in total. The van der Waals surface area contributed by atoms with Crippen LogP contribution in [0, 0.1) is 6.92 Å². The number of aromatic nitrogens is 1. The Bertz CT molecular complexity index is 2380. The molecule has 4 aromatic carbocycles. The zero-order valence-corrected chi connectivity index (χ0v) is 33.3. The molecule has 3 heterocycles. The molecule has 294 valence electrons. The minimum atomic E-state index is -1.07. The molecule has 0 aliphatic carbocycles. The first-order chi connectivity index (χ1) is 27.2. The summed E-state index contributed by atoms with van der Waals surface area (Å²) in [5.41, 5.74) is 9.14. The first-order valence-electron chi connectivity index (χ1n) is 19.3. The number of rotatable bonds is 8. The fourth-order valence-electron chi connectivity index (χ4n) is 8.35. The fraction of sp³-hybridized carbons (Fsp3) is 0.304. The summed E-state index contributed by atoms with van der Waals surface area (Å²) in [6, 6.07) is 27.1. The normalized spacial score (nSPS) is 16.1. The number of amides is 4. The van der Waals surface area contributed by atoms with E-state index in [1.807, 2.05) is 78.0 Å². The number of aryl methyl sites for hydroxylation is 1. The number of hydrogen-bond donors (Lipinski definition) is 2. The van der Waals surface area contributed by atoms with Crippen molar-refractivity contribution in [2.75, 3.05) is 32.6 Å². The average molecular weight is 768 g/mol. The fourth-order valence-corrected chi connectivity index (χ4v) is 8.35. The Labute approximate surface area is 333 Å². The lowest BCUT2D eigenvalue weighted by molar-refractivity contribution is -0.128. The Kier molecular flexibility index (Phi) is 10.7. The molecule has 0 saturated heterocycles. The second-order valence-electron chi connectivity index (χ2n) is 15.4. The van der Waals surface area contributed by atoms with E-state index in [2.05, 4.69) is 19.1 Å². The summed E-state index contributed by atoms with van der Waals surface area (Å²) in [6.07, 6.45) is 0.750. The summed E-state index contributed by atoms with van der Waals surface area (Å²) in [4.78, 5) is 61.3. The van der Waals surface area contributed by atoms with Crippen LogP contribution >= 0.6 is 0 Å². The number of carbonyl (C=O) groups is 4. The predicted octanol–water partition coefficient (Wildman–Crippen LogP) is 7.22. The summed E-state index contributed by atoms with van der Waals surface area (Å²) in [5, 5.41) is 20.5. The molecule has 0 radical (unpaired) electrons. The van der Waals surface area contributed by atoms with Crippen molar-refractivity contribution in [2.45, 2.75) is 58.2 Å². The van der Waals surface area contributed by atoms with Gasteiger partial charge in [-0.2, -0.15) is 0 Å². The van der Waals surface area contributed by atoms with Crippen LogP contribution in [0.3, 0.4) is 0 Å². The SMILES string of the molecule is Cc1c(C(=O)N(C)c2ccc(O)cc2)cc(-c2cc3c(cc2C(=O)N2Cc4ccccc4C[C@H]2C)C(c2ccccc2CCC(=O)N(C)C)N(C(=O)O)CC3)n1C.